The zero-order chi connectivity index (χ0) is 14.1. The van der Waals surface area contributed by atoms with Crippen molar-refractivity contribution in [1.29, 1.82) is 0 Å². The number of carbonyl (C=O) groups is 1. The van der Waals surface area contributed by atoms with Crippen molar-refractivity contribution in [3.8, 4) is 5.75 Å². The number of sulfone groups is 1. The van der Waals surface area contributed by atoms with Crippen molar-refractivity contribution in [2.75, 3.05) is 18.6 Å². The van der Waals surface area contributed by atoms with Gasteiger partial charge in [0.25, 0.3) is 5.91 Å². The summed E-state index contributed by atoms with van der Waals surface area (Å²) in [4.78, 5) is 12.1. The first-order chi connectivity index (χ1) is 8.84. The number of amides is 1. The van der Waals surface area contributed by atoms with Crippen molar-refractivity contribution in [3.63, 3.8) is 0 Å². The lowest BCUT2D eigenvalue weighted by Crippen LogP contribution is -2.46. The Kier molecular flexibility index (Phi) is 3.54. The van der Waals surface area contributed by atoms with Crippen LogP contribution in [-0.4, -0.2) is 38.5 Å². The molecule has 1 saturated heterocycles. The van der Waals surface area contributed by atoms with Gasteiger partial charge in [-0.15, -0.1) is 0 Å². The summed E-state index contributed by atoms with van der Waals surface area (Å²) < 4.78 is 28.0. The number of nitrogens with one attached hydrogen (secondary N) is 1. The number of benzene rings is 1. The van der Waals surface area contributed by atoms with Gasteiger partial charge in [0, 0.05) is 5.56 Å². The van der Waals surface area contributed by atoms with Gasteiger partial charge >= 0.3 is 0 Å². The number of hydrogen-bond acceptors (Lipinski definition) is 4. The first-order valence-electron chi connectivity index (χ1n) is 6.01. The maximum atomic E-state index is 12.1. The van der Waals surface area contributed by atoms with Crippen molar-refractivity contribution in [2.45, 2.75) is 18.9 Å². The molecule has 1 amide bonds. The predicted octanol–water partition coefficient (Wildman–Crippen LogP) is 1.00. The minimum atomic E-state index is -3.03. The van der Waals surface area contributed by atoms with E-state index in [0.29, 0.717) is 17.7 Å². The molecule has 1 aliphatic heterocycles. The monoisotopic (exact) mass is 283 g/mol. The third-order valence-electron chi connectivity index (χ3n) is 3.25. The maximum absolute atomic E-state index is 12.1. The summed E-state index contributed by atoms with van der Waals surface area (Å²) in [6.45, 7) is 1.76. The van der Waals surface area contributed by atoms with E-state index >= 15 is 0 Å². The summed E-state index contributed by atoms with van der Waals surface area (Å²) in [5.41, 5.74) is -0.219. The lowest BCUT2D eigenvalue weighted by Gasteiger charge is -2.23. The van der Waals surface area contributed by atoms with E-state index < -0.39 is 15.4 Å². The van der Waals surface area contributed by atoms with Crippen molar-refractivity contribution in [2.24, 2.45) is 0 Å². The lowest BCUT2D eigenvalue weighted by atomic mass is 10.0. The molecule has 0 radical (unpaired) electrons. The Morgan fingerprint density at radius 1 is 1.42 bits per heavy atom. The van der Waals surface area contributed by atoms with Crippen LogP contribution < -0.4 is 10.1 Å². The Morgan fingerprint density at radius 3 is 2.74 bits per heavy atom. The molecular formula is C13H17NO4S. The molecule has 104 valence electrons. The van der Waals surface area contributed by atoms with Gasteiger partial charge in [-0.2, -0.15) is 0 Å². The molecule has 1 heterocycles. The van der Waals surface area contributed by atoms with Gasteiger partial charge in [0.15, 0.2) is 9.84 Å². The highest BCUT2D eigenvalue weighted by atomic mass is 32.2. The topological polar surface area (TPSA) is 72.5 Å². The molecule has 0 bridgehead atoms. The molecule has 5 nitrogen and oxygen atoms in total. The van der Waals surface area contributed by atoms with Crippen molar-refractivity contribution in [1.82, 2.24) is 5.32 Å². The summed E-state index contributed by atoms with van der Waals surface area (Å²) in [6.07, 6.45) is 0.449. The third kappa shape index (κ3) is 3.26. The molecule has 1 N–H and O–H groups in total. The van der Waals surface area contributed by atoms with Gasteiger partial charge in [-0.3, -0.25) is 4.79 Å². The second-order valence-corrected chi connectivity index (χ2v) is 7.27. The molecular weight excluding hydrogens is 266 g/mol. The molecule has 0 saturated carbocycles. The molecule has 19 heavy (non-hydrogen) atoms. The highest BCUT2D eigenvalue weighted by Crippen LogP contribution is 2.23. The minimum absolute atomic E-state index is 0.00426. The van der Waals surface area contributed by atoms with E-state index in [9.17, 15) is 13.2 Å². The third-order valence-corrected chi connectivity index (χ3v) is 5.15. The lowest BCUT2D eigenvalue weighted by molar-refractivity contribution is 0.0915. The smallest absolute Gasteiger partial charge is 0.251 e. The first-order valence-corrected chi connectivity index (χ1v) is 7.83. The molecule has 2 rings (SSSR count). The van der Waals surface area contributed by atoms with Crippen molar-refractivity contribution >= 4 is 15.7 Å². The normalized spacial score (nSPS) is 24.9. The maximum Gasteiger partial charge on any atom is 0.251 e. The molecule has 6 heteroatoms. The van der Waals surface area contributed by atoms with Crippen LogP contribution in [0.15, 0.2) is 24.3 Å². The average molecular weight is 283 g/mol. The summed E-state index contributed by atoms with van der Waals surface area (Å²) in [5, 5.41) is 2.80. The summed E-state index contributed by atoms with van der Waals surface area (Å²) in [7, 11) is -1.50. The fourth-order valence-electron chi connectivity index (χ4n) is 2.22. The van der Waals surface area contributed by atoms with E-state index in [2.05, 4.69) is 5.32 Å². The molecule has 1 unspecified atom stereocenters. The van der Waals surface area contributed by atoms with E-state index in [0.717, 1.165) is 0 Å². The second kappa shape index (κ2) is 4.85. The van der Waals surface area contributed by atoms with E-state index in [4.69, 9.17) is 4.74 Å². The van der Waals surface area contributed by atoms with Gasteiger partial charge in [-0.25, -0.2) is 8.42 Å². The van der Waals surface area contributed by atoms with Crippen LogP contribution in [0.4, 0.5) is 0 Å². The number of hydrogen-bond donors (Lipinski definition) is 1. The molecule has 0 spiro atoms. The molecule has 0 aromatic heterocycles. The Balaban J connectivity index is 2.13. The zero-order valence-corrected chi connectivity index (χ0v) is 11.8. The van der Waals surface area contributed by atoms with Crippen LogP contribution in [-0.2, 0) is 9.84 Å². The molecule has 1 atom stereocenters. The number of carbonyl (C=O) groups excluding carboxylic acids is 1. The Hall–Kier alpha value is -1.56. The summed E-state index contributed by atoms with van der Waals surface area (Å²) in [6, 6.07) is 6.77. The zero-order valence-electron chi connectivity index (χ0n) is 11.0. The highest BCUT2D eigenvalue weighted by molar-refractivity contribution is 7.91. The van der Waals surface area contributed by atoms with E-state index in [1.54, 1.807) is 31.2 Å². The van der Waals surface area contributed by atoms with Gasteiger partial charge in [0.2, 0.25) is 0 Å². The standard InChI is InChI=1S/C13H17NO4S/c1-13(6-7-19(16,17)9-13)14-12(15)10-4-3-5-11(8-10)18-2/h3-5,8H,6-7,9H2,1-2H3,(H,14,15). The van der Waals surface area contributed by atoms with E-state index in [1.807, 2.05) is 0 Å². The van der Waals surface area contributed by atoms with Gasteiger partial charge < -0.3 is 10.1 Å². The largest absolute Gasteiger partial charge is 0.497 e. The van der Waals surface area contributed by atoms with E-state index in [1.165, 1.54) is 7.11 Å². The first kappa shape index (κ1) is 13.9. The highest BCUT2D eigenvalue weighted by Gasteiger charge is 2.39. The fraction of sp³-hybridized carbons (Fsp3) is 0.462. The number of methoxy groups -OCH3 is 1. The quantitative estimate of drug-likeness (QED) is 0.898. The molecule has 1 aromatic carbocycles. The Labute approximate surface area is 112 Å². The molecule has 0 aliphatic carbocycles. The summed E-state index contributed by atoms with van der Waals surface area (Å²) in [5.74, 6) is 0.438. The molecule has 1 aromatic rings. The Bertz CT molecular complexity index is 596. The van der Waals surface area contributed by atoms with Crippen LogP contribution in [0.5, 0.6) is 5.75 Å². The van der Waals surface area contributed by atoms with Crippen LogP contribution in [0, 0.1) is 0 Å². The summed E-state index contributed by atoms with van der Waals surface area (Å²) >= 11 is 0. The predicted molar refractivity (Wildman–Crippen MR) is 72.1 cm³/mol. The SMILES string of the molecule is COc1cccc(C(=O)NC2(C)CCS(=O)(=O)C2)c1. The van der Waals surface area contributed by atoms with Crippen LogP contribution in [0.3, 0.4) is 0 Å². The minimum Gasteiger partial charge on any atom is -0.497 e. The fourth-order valence-corrected chi connectivity index (χ4v) is 4.31. The van der Waals surface area contributed by atoms with Gasteiger partial charge in [-0.1, -0.05) is 6.07 Å². The van der Waals surface area contributed by atoms with Gasteiger partial charge in [0.05, 0.1) is 24.2 Å². The molecule has 1 aliphatic rings. The Morgan fingerprint density at radius 2 is 2.16 bits per heavy atom. The van der Waals surface area contributed by atoms with Crippen LogP contribution >= 0.6 is 0 Å². The average Bonchev–Trinajstić information content (AvgIpc) is 2.63. The van der Waals surface area contributed by atoms with Crippen LogP contribution in [0.25, 0.3) is 0 Å². The number of rotatable bonds is 3. The van der Waals surface area contributed by atoms with Gasteiger partial charge in [-0.05, 0) is 31.5 Å². The van der Waals surface area contributed by atoms with Crippen molar-refractivity contribution in [3.05, 3.63) is 29.8 Å². The molecule has 1 fully saturated rings. The van der Waals surface area contributed by atoms with Crippen molar-refractivity contribution < 1.29 is 17.9 Å². The van der Waals surface area contributed by atoms with Crippen LogP contribution in [0.1, 0.15) is 23.7 Å². The van der Waals surface area contributed by atoms with Crippen LogP contribution in [0.2, 0.25) is 0 Å². The number of ether oxygens (including phenoxy) is 1. The second-order valence-electron chi connectivity index (χ2n) is 5.09. The van der Waals surface area contributed by atoms with E-state index in [-0.39, 0.29) is 17.4 Å². The van der Waals surface area contributed by atoms with Gasteiger partial charge in [0.1, 0.15) is 5.75 Å².